The third kappa shape index (κ3) is 2.06. The van der Waals surface area contributed by atoms with E-state index in [0.717, 1.165) is 11.8 Å². The number of non-ortho nitro benzene ring substituents is 1. The highest BCUT2D eigenvalue weighted by Crippen LogP contribution is 2.20. The van der Waals surface area contributed by atoms with Crippen LogP contribution in [0.5, 0.6) is 0 Å². The highest BCUT2D eigenvalue weighted by Gasteiger charge is 2.04. The van der Waals surface area contributed by atoms with Gasteiger partial charge in [0.2, 0.25) is 0 Å². The lowest BCUT2D eigenvalue weighted by atomic mass is 10.3. The maximum Gasteiger partial charge on any atom is 0.270 e. The Balaban J connectivity index is 2.95. The minimum absolute atomic E-state index is 0.00171. The van der Waals surface area contributed by atoms with Crippen molar-refractivity contribution in [2.75, 3.05) is 0 Å². The van der Waals surface area contributed by atoms with Gasteiger partial charge in [-0.15, -0.1) is 0 Å². The number of hydrogen-bond acceptors (Lipinski definition) is 4. The highest BCUT2D eigenvalue weighted by molar-refractivity contribution is 8.11. The normalized spacial score (nSPS) is 9.33. The van der Waals surface area contributed by atoms with Crippen LogP contribution in [0.4, 0.5) is 5.69 Å². The van der Waals surface area contributed by atoms with Gasteiger partial charge >= 0.3 is 0 Å². The maximum absolute atomic E-state index is 10.3. The molecule has 12 heavy (non-hydrogen) atoms. The highest BCUT2D eigenvalue weighted by atomic mass is 32.2. The zero-order valence-electron chi connectivity index (χ0n) is 5.97. The van der Waals surface area contributed by atoms with Crippen LogP contribution in [0.25, 0.3) is 0 Å². The molecule has 0 bridgehead atoms. The van der Waals surface area contributed by atoms with Crippen molar-refractivity contribution in [2.45, 2.75) is 4.90 Å². The zero-order valence-corrected chi connectivity index (χ0v) is 6.78. The van der Waals surface area contributed by atoms with Crippen molar-refractivity contribution in [3.63, 3.8) is 0 Å². The largest absolute Gasteiger partial charge is 0.291 e. The number of carbonyl (C=O) groups is 1. The Labute approximate surface area is 72.7 Å². The number of nitro groups is 1. The van der Waals surface area contributed by atoms with Crippen molar-refractivity contribution < 1.29 is 9.72 Å². The molecule has 0 N–H and O–H groups in total. The molecule has 0 spiro atoms. The lowest BCUT2D eigenvalue weighted by Crippen LogP contribution is -1.86. The summed E-state index contributed by atoms with van der Waals surface area (Å²) in [6.45, 7) is 0. The Hall–Kier alpha value is -1.36. The fraction of sp³-hybridized carbons (Fsp3) is 0. The molecule has 0 heterocycles. The van der Waals surface area contributed by atoms with Gasteiger partial charge in [-0.05, 0) is 6.07 Å². The molecule has 1 rings (SSSR count). The molecule has 0 atom stereocenters. The summed E-state index contributed by atoms with van der Waals surface area (Å²) < 4.78 is 0. The average molecular weight is 183 g/mol. The second kappa shape index (κ2) is 3.87. The van der Waals surface area contributed by atoms with Crippen molar-refractivity contribution >= 4 is 23.1 Å². The number of carbonyl (C=O) groups excluding carboxylic acids is 1. The van der Waals surface area contributed by atoms with Gasteiger partial charge in [0, 0.05) is 17.0 Å². The van der Waals surface area contributed by atoms with E-state index in [1.54, 1.807) is 12.1 Å². The molecule has 0 unspecified atom stereocenters. The van der Waals surface area contributed by atoms with E-state index in [2.05, 4.69) is 0 Å². The molecule has 0 fully saturated rings. The monoisotopic (exact) mass is 183 g/mol. The van der Waals surface area contributed by atoms with Gasteiger partial charge in [-0.3, -0.25) is 14.9 Å². The van der Waals surface area contributed by atoms with Gasteiger partial charge in [-0.2, -0.15) is 0 Å². The lowest BCUT2D eigenvalue weighted by Gasteiger charge is -1.93. The van der Waals surface area contributed by atoms with E-state index >= 15 is 0 Å². The summed E-state index contributed by atoms with van der Waals surface area (Å²) in [5.74, 6) is 0. The van der Waals surface area contributed by atoms with Crippen LogP contribution in [0.3, 0.4) is 0 Å². The molecule has 62 valence electrons. The number of nitro benzene ring substituents is 1. The van der Waals surface area contributed by atoms with Crippen molar-refractivity contribution in [3.05, 3.63) is 34.4 Å². The smallest absolute Gasteiger partial charge is 0.270 e. The summed E-state index contributed by atoms with van der Waals surface area (Å²) >= 11 is 0.922. The molecular weight excluding hydrogens is 178 g/mol. The third-order valence-corrected chi connectivity index (χ3v) is 1.83. The topological polar surface area (TPSA) is 60.2 Å². The van der Waals surface area contributed by atoms with Crippen molar-refractivity contribution in [2.24, 2.45) is 0 Å². The molecule has 0 aliphatic heterocycles. The van der Waals surface area contributed by atoms with Gasteiger partial charge in [-0.25, -0.2) is 0 Å². The maximum atomic E-state index is 10.3. The summed E-state index contributed by atoms with van der Waals surface area (Å²) in [6, 6.07) is 5.93. The van der Waals surface area contributed by atoms with E-state index in [-0.39, 0.29) is 5.69 Å². The summed E-state index contributed by atoms with van der Waals surface area (Å²) in [7, 11) is 0. The summed E-state index contributed by atoms with van der Waals surface area (Å²) in [5.41, 5.74) is 0.640. The molecule has 0 saturated heterocycles. The Morgan fingerprint density at radius 1 is 1.50 bits per heavy atom. The first-order chi connectivity index (χ1) is 5.74. The third-order valence-electron chi connectivity index (χ3n) is 1.21. The molecule has 1 aromatic carbocycles. The standard InChI is InChI=1S/C7H5NO3S/c9-5-12-7-3-1-2-6(4-7)8(10)11/h1-5H. The van der Waals surface area contributed by atoms with E-state index in [0.29, 0.717) is 10.5 Å². The van der Waals surface area contributed by atoms with Gasteiger partial charge < -0.3 is 0 Å². The fourth-order valence-corrected chi connectivity index (χ4v) is 1.18. The van der Waals surface area contributed by atoms with Crippen molar-refractivity contribution in [1.29, 1.82) is 0 Å². The minimum atomic E-state index is -0.491. The molecule has 0 aliphatic rings. The molecule has 0 saturated carbocycles. The van der Waals surface area contributed by atoms with Gasteiger partial charge in [0.25, 0.3) is 5.69 Å². The SMILES string of the molecule is O=CSc1cccc([N+](=O)[O-])c1. The van der Waals surface area contributed by atoms with Crippen LogP contribution in [-0.4, -0.2) is 10.5 Å². The van der Waals surface area contributed by atoms with Gasteiger partial charge in [-0.1, -0.05) is 17.8 Å². The van der Waals surface area contributed by atoms with E-state index in [1.807, 2.05) is 0 Å². The first-order valence-electron chi connectivity index (χ1n) is 3.09. The van der Waals surface area contributed by atoms with E-state index in [4.69, 9.17) is 0 Å². The van der Waals surface area contributed by atoms with E-state index in [9.17, 15) is 14.9 Å². The molecule has 5 heteroatoms. The Kier molecular flexibility index (Phi) is 2.82. The van der Waals surface area contributed by atoms with Crippen LogP contribution < -0.4 is 0 Å². The molecule has 1 aromatic rings. The van der Waals surface area contributed by atoms with Gasteiger partial charge in [0.1, 0.15) is 0 Å². The van der Waals surface area contributed by atoms with Crippen LogP contribution in [-0.2, 0) is 4.79 Å². The van der Waals surface area contributed by atoms with Gasteiger partial charge in [0.05, 0.1) is 4.92 Å². The summed E-state index contributed by atoms with van der Waals surface area (Å²) in [5, 5.41) is 10.3. The number of nitrogens with zero attached hydrogens (tertiary/aromatic N) is 1. The molecular formula is C7H5NO3S. The van der Waals surface area contributed by atoms with E-state index < -0.39 is 4.92 Å². The lowest BCUT2D eigenvalue weighted by molar-refractivity contribution is -0.385. The molecule has 0 amide bonds. The summed E-state index contributed by atoms with van der Waals surface area (Å²) in [4.78, 5) is 20.4. The van der Waals surface area contributed by atoms with Crippen LogP contribution in [0, 0.1) is 10.1 Å². The predicted molar refractivity (Wildman–Crippen MR) is 45.7 cm³/mol. The van der Waals surface area contributed by atoms with E-state index in [1.165, 1.54) is 12.1 Å². The average Bonchev–Trinajstić information content (AvgIpc) is 2.05. The van der Waals surface area contributed by atoms with Crippen LogP contribution in [0.1, 0.15) is 0 Å². The Morgan fingerprint density at radius 3 is 2.83 bits per heavy atom. The number of thioether (sulfide) groups is 1. The van der Waals surface area contributed by atoms with Crippen LogP contribution >= 0.6 is 11.8 Å². The van der Waals surface area contributed by atoms with Crippen molar-refractivity contribution in [1.82, 2.24) is 0 Å². The van der Waals surface area contributed by atoms with Gasteiger partial charge in [0.15, 0.2) is 5.62 Å². The van der Waals surface area contributed by atoms with Crippen molar-refractivity contribution in [3.8, 4) is 0 Å². The molecule has 0 radical (unpaired) electrons. The number of benzene rings is 1. The van der Waals surface area contributed by atoms with Crippen LogP contribution in [0.15, 0.2) is 29.2 Å². The molecule has 0 aromatic heterocycles. The second-order valence-electron chi connectivity index (χ2n) is 1.97. The first-order valence-corrected chi connectivity index (χ1v) is 3.97. The van der Waals surface area contributed by atoms with Crippen LogP contribution in [0.2, 0.25) is 0 Å². The Bertz CT molecular complexity index is 313. The zero-order chi connectivity index (χ0) is 8.97. The first kappa shape index (κ1) is 8.73. The minimum Gasteiger partial charge on any atom is -0.291 e. The second-order valence-corrected chi connectivity index (χ2v) is 2.87. The fourth-order valence-electron chi connectivity index (χ4n) is 0.726. The quantitative estimate of drug-likeness (QED) is 0.310. The molecule has 4 nitrogen and oxygen atoms in total. The Morgan fingerprint density at radius 2 is 2.25 bits per heavy atom. The molecule has 0 aliphatic carbocycles. The predicted octanol–water partition coefficient (Wildman–Crippen LogP) is 1.88. The number of hydrogen-bond donors (Lipinski definition) is 0. The summed E-state index contributed by atoms with van der Waals surface area (Å²) in [6.07, 6.45) is 0. The number of rotatable bonds is 3.